The molecule has 1 saturated carbocycles. The number of aliphatic hydroxyl groups is 1. The van der Waals surface area contributed by atoms with Gasteiger partial charge < -0.3 is 15.6 Å². The monoisotopic (exact) mass is 261 g/mol. The zero-order chi connectivity index (χ0) is 13.3. The van der Waals surface area contributed by atoms with Gasteiger partial charge in [-0.2, -0.15) is 0 Å². The minimum Gasteiger partial charge on any atom is -0.491 e. The second-order valence-corrected chi connectivity index (χ2v) is 6.08. The summed E-state index contributed by atoms with van der Waals surface area (Å²) in [6, 6.07) is 6.34. The highest BCUT2D eigenvalue weighted by molar-refractivity contribution is 5.39. The maximum atomic E-state index is 10.3. The SMILES string of the molecule is NC1CCCc2ccc(OCC3(O)CCCC3)cc21. The lowest BCUT2D eigenvalue weighted by Gasteiger charge is -2.25. The molecule has 1 aromatic carbocycles. The number of ether oxygens (including phenoxy) is 1. The van der Waals surface area contributed by atoms with E-state index in [2.05, 4.69) is 12.1 Å². The van der Waals surface area contributed by atoms with E-state index in [1.165, 1.54) is 17.5 Å². The second kappa shape index (κ2) is 5.14. The van der Waals surface area contributed by atoms with E-state index in [4.69, 9.17) is 10.5 Å². The van der Waals surface area contributed by atoms with E-state index >= 15 is 0 Å². The summed E-state index contributed by atoms with van der Waals surface area (Å²) in [7, 11) is 0. The zero-order valence-electron chi connectivity index (χ0n) is 11.4. The van der Waals surface area contributed by atoms with E-state index in [0.717, 1.165) is 44.3 Å². The van der Waals surface area contributed by atoms with Crippen LogP contribution in [-0.2, 0) is 6.42 Å². The summed E-state index contributed by atoms with van der Waals surface area (Å²) >= 11 is 0. The molecule has 0 radical (unpaired) electrons. The Hall–Kier alpha value is -1.06. The number of hydrogen-bond donors (Lipinski definition) is 2. The Morgan fingerprint density at radius 1 is 1.26 bits per heavy atom. The van der Waals surface area contributed by atoms with Crippen LogP contribution in [0.3, 0.4) is 0 Å². The van der Waals surface area contributed by atoms with Crippen LogP contribution in [0.4, 0.5) is 0 Å². The van der Waals surface area contributed by atoms with Crippen molar-refractivity contribution in [1.29, 1.82) is 0 Å². The highest BCUT2D eigenvalue weighted by Crippen LogP contribution is 2.33. The van der Waals surface area contributed by atoms with E-state index in [9.17, 15) is 5.11 Å². The van der Waals surface area contributed by atoms with Gasteiger partial charge in [-0.15, -0.1) is 0 Å². The standard InChI is InChI=1S/C16H23NO2/c17-15-5-3-4-12-6-7-13(10-14(12)15)19-11-16(18)8-1-2-9-16/h6-7,10,15,18H,1-5,8-9,11,17H2. The third-order valence-electron chi connectivity index (χ3n) is 4.52. The fourth-order valence-corrected chi connectivity index (χ4v) is 3.30. The van der Waals surface area contributed by atoms with Gasteiger partial charge in [0, 0.05) is 6.04 Å². The van der Waals surface area contributed by atoms with Gasteiger partial charge in [0.25, 0.3) is 0 Å². The van der Waals surface area contributed by atoms with Crippen LogP contribution in [0.1, 0.15) is 55.7 Å². The van der Waals surface area contributed by atoms with Crippen molar-refractivity contribution in [2.24, 2.45) is 5.73 Å². The molecule has 0 bridgehead atoms. The highest BCUT2D eigenvalue weighted by Gasteiger charge is 2.32. The Labute approximate surface area is 114 Å². The molecule has 0 spiro atoms. The molecule has 0 aromatic heterocycles. The second-order valence-electron chi connectivity index (χ2n) is 6.08. The number of nitrogens with two attached hydrogens (primary N) is 1. The Morgan fingerprint density at radius 3 is 2.84 bits per heavy atom. The van der Waals surface area contributed by atoms with Gasteiger partial charge in [-0.05, 0) is 55.4 Å². The molecule has 3 N–H and O–H groups in total. The highest BCUT2D eigenvalue weighted by atomic mass is 16.5. The zero-order valence-corrected chi connectivity index (χ0v) is 11.4. The average molecular weight is 261 g/mol. The van der Waals surface area contributed by atoms with Crippen LogP contribution in [0, 0.1) is 0 Å². The van der Waals surface area contributed by atoms with E-state index in [1.807, 2.05) is 6.07 Å². The van der Waals surface area contributed by atoms with E-state index in [-0.39, 0.29) is 6.04 Å². The summed E-state index contributed by atoms with van der Waals surface area (Å²) in [5, 5.41) is 10.3. The molecule has 2 aliphatic carbocycles. The smallest absolute Gasteiger partial charge is 0.119 e. The van der Waals surface area contributed by atoms with Gasteiger partial charge in [0.2, 0.25) is 0 Å². The van der Waals surface area contributed by atoms with E-state index in [0.29, 0.717) is 6.61 Å². The average Bonchev–Trinajstić information content (AvgIpc) is 2.85. The first kappa shape index (κ1) is 12.9. The summed E-state index contributed by atoms with van der Waals surface area (Å²) in [5.74, 6) is 0.844. The van der Waals surface area contributed by atoms with Crippen molar-refractivity contribution in [2.45, 2.75) is 56.6 Å². The van der Waals surface area contributed by atoms with Crippen molar-refractivity contribution in [1.82, 2.24) is 0 Å². The van der Waals surface area contributed by atoms with Gasteiger partial charge in [0.15, 0.2) is 0 Å². The van der Waals surface area contributed by atoms with Crippen LogP contribution in [0.2, 0.25) is 0 Å². The lowest BCUT2D eigenvalue weighted by atomic mass is 9.88. The molecule has 0 heterocycles. The predicted octanol–water partition coefficient (Wildman–Crippen LogP) is 2.71. The van der Waals surface area contributed by atoms with Gasteiger partial charge >= 0.3 is 0 Å². The Morgan fingerprint density at radius 2 is 2.05 bits per heavy atom. The normalized spacial score (nSPS) is 25.1. The van der Waals surface area contributed by atoms with Crippen LogP contribution >= 0.6 is 0 Å². The van der Waals surface area contributed by atoms with Crippen LogP contribution in [0.15, 0.2) is 18.2 Å². The van der Waals surface area contributed by atoms with Crippen molar-refractivity contribution in [3.05, 3.63) is 29.3 Å². The molecule has 1 aromatic rings. The third kappa shape index (κ3) is 2.77. The minimum atomic E-state index is -0.613. The van der Waals surface area contributed by atoms with Crippen molar-refractivity contribution >= 4 is 0 Å². The predicted molar refractivity (Wildman–Crippen MR) is 75.2 cm³/mol. The first-order valence-electron chi connectivity index (χ1n) is 7.40. The molecule has 104 valence electrons. The molecule has 3 heteroatoms. The van der Waals surface area contributed by atoms with Crippen LogP contribution < -0.4 is 10.5 Å². The summed E-state index contributed by atoms with van der Waals surface area (Å²) in [6.45, 7) is 0.404. The molecule has 1 atom stereocenters. The molecule has 0 amide bonds. The number of hydrogen-bond acceptors (Lipinski definition) is 3. The molecule has 3 rings (SSSR count). The molecule has 0 saturated heterocycles. The van der Waals surface area contributed by atoms with Gasteiger partial charge in [0.05, 0.1) is 5.60 Å². The Bertz CT molecular complexity index is 452. The topological polar surface area (TPSA) is 55.5 Å². The van der Waals surface area contributed by atoms with Crippen LogP contribution in [0.5, 0.6) is 5.75 Å². The summed E-state index contributed by atoms with van der Waals surface area (Å²) in [4.78, 5) is 0. The number of fused-ring (bicyclic) bond motifs is 1. The van der Waals surface area contributed by atoms with Crippen molar-refractivity contribution < 1.29 is 9.84 Å². The molecule has 0 aliphatic heterocycles. The van der Waals surface area contributed by atoms with Crippen LogP contribution in [0.25, 0.3) is 0 Å². The fourth-order valence-electron chi connectivity index (χ4n) is 3.30. The minimum absolute atomic E-state index is 0.141. The Balaban J connectivity index is 1.70. The molecule has 1 unspecified atom stereocenters. The van der Waals surface area contributed by atoms with Crippen molar-refractivity contribution in [2.75, 3.05) is 6.61 Å². The van der Waals surface area contributed by atoms with Gasteiger partial charge in [0.1, 0.15) is 12.4 Å². The molecular weight excluding hydrogens is 238 g/mol. The quantitative estimate of drug-likeness (QED) is 0.879. The largest absolute Gasteiger partial charge is 0.491 e. The molecule has 2 aliphatic rings. The van der Waals surface area contributed by atoms with E-state index < -0.39 is 5.60 Å². The molecule has 19 heavy (non-hydrogen) atoms. The van der Waals surface area contributed by atoms with Gasteiger partial charge in [-0.1, -0.05) is 18.9 Å². The number of aryl methyl sites for hydroxylation is 1. The number of benzene rings is 1. The van der Waals surface area contributed by atoms with Gasteiger partial charge in [-0.25, -0.2) is 0 Å². The summed E-state index contributed by atoms with van der Waals surface area (Å²) in [6.07, 6.45) is 7.28. The molecule has 1 fully saturated rings. The van der Waals surface area contributed by atoms with E-state index in [1.54, 1.807) is 0 Å². The van der Waals surface area contributed by atoms with Crippen molar-refractivity contribution in [3.8, 4) is 5.75 Å². The lowest BCUT2D eigenvalue weighted by molar-refractivity contribution is 0.00137. The molecule has 3 nitrogen and oxygen atoms in total. The Kier molecular flexibility index (Phi) is 3.50. The summed E-state index contributed by atoms with van der Waals surface area (Å²) in [5.41, 5.74) is 8.12. The lowest BCUT2D eigenvalue weighted by Crippen LogP contribution is -2.32. The maximum Gasteiger partial charge on any atom is 0.119 e. The summed E-state index contributed by atoms with van der Waals surface area (Å²) < 4.78 is 5.80. The van der Waals surface area contributed by atoms with Gasteiger partial charge in [-0.3, -0.25) is 0 Å². The molecular formula is C16H23NO2. The first-order valence-corrected chi connectivity index (χ1v) is 7.40. The maximum absolute atomic E-state index is 10.3. The third-order valence-corrected chi connectivity index (χ3v) is 4.52. The number of rotatable bonds is 3. The fraction of sp³-hybridized carbons (Fsp3) is 0.625. The van der Waals surface area contributed by atoms with Crippen LogP contribution in [-0.4, -0.2) is 17.3 Å². The first-order chi connectivity index (χ1) is 9.16. The van der Waals surface area contributed by atoms with Crippen molar-refractivity contribution in [3.63, 3.8) is 0 Å².